The zero-order chi connectivity index (χ0) is 12.0. The Bertz CT molecular complexity index is 426. The van der Waals surface area contributed by atoms with Gasteiger partial charge in [0.05, 0.1) is 18.1 Å². The van der Waals surface area contributed by atoms with Crippen molar-refractivity contribution in [3.05, 3.63) is 39.7 Å². The summed E-state index contributed by atoms with van der Waals surface area (Å²) in [5.74, 6) is 0.234. The number of nitrogens with zero attached hydrogens (tertiary/aromatic N) is 2. The third-order valence-electron chi connectivity index (χ3n) is 1.88. The molecule has 1 aromatic rings. The van der Waals surface area contributed by atoms with Crippen LogP contribution in [0.2, 0.25) is 0 Å². The van der Waals surface area contributed by atoms with Crippen LogP contribution in [0.1, 0.15) is 6.42 Å². The smallest absolute Gasteiger partial charge is 0.270 e. The van der Waals surface area contributed by atoms with E-state index in [4.69, 9.17) is 17.0 Å². The van der Waals surface area contributed by atoms with Gasteiger partial charge in [0.2, 0.25) is 5.69 Å². The Morgan fingerprint density at radius 3 is 2.88 bits per heavy atom. The Hall–Kier alpha value is -2.13. The topological polar surface area (TPSA) is 82.8 Å². The second-order valence-corrected chi connectivity index (χ2v) is 3.01. The first kappa shape index (κ1) is 11.9. The van der Waals surface area contributed by atoms with E-state index in [2.05, 4.69) is 4.85 Å². The van der Waals surface area contributed by atoms with Gasteiger partial charge in [-0.2, -0.15) is 0 Å². The van der Waals surface area contributed by atoms with Crippen LogP contribution in [-0.4, -0.2) is 18.1 Å². The van der Waals surface area contributed by atoms with Crippen molar-refractivity contribution < 1.29 is 9.66 Å². The molecule has 0 aromatic heterocycles. The zero-order valence-corrected chi connectivity index (χ0v) is 8.55. The van der Waals surface area contributed by atoms with E-state index in [0.29, 0.717) is 19.6 Å². The van der Waals surface area contributed by atoms with Crippen LogP contribution >= 0.6 is 0 Å². The minimum atomic E-state index is -0.524. The van der Waals surface area contributed by atoms with Gasteiger partial charge in [0, 0.05) is 12.1 Å². The van der Waals surface area contributed by atoms with E-state index in [1.165, 1.54) is 18.2 Å². The lowest BCUT2D eigenvalue weighted by Gasteiger charge is -2.06. The van der Waals surface area contributed by atoms with Gasteiger partial charge in [0.25, 0.3) is 5.69 Å². The number of non-ortho nitro benzene ring substituents is 1. The van der Waals surface area contributed by atoms with Crippen LogP contribution in [0.5, 0.6) is 5.75 Å². The maximum absolute atomic E-state index is 10.5. The summed E-state index contributed by atoms with van der Waals surface area (Å²) < 4.78 is 5.26. The highest BCUT2D eigenvalue weighted by Crippen LogP contribution is 2.31. The number of hydrogen-bond acceptors (Lipinski definition) is 4. The van der Waals surface area contributed by atoms with E-state index >= 15 is 0 Å². The van der Waals surface area contributed by atoms with Crippen molar-refractivity contribution in [2.45, 2.75) is 6.42 Å². The van der Waals surface area contributed by atoms with E-state index in [0.717, 1.165) is 0 Å². The van der Waals surface area contributed by atoms with Crippen LogP contribution in [0, 0.1) is 16.7 Å². The van der Waals surface area contributed by atoms with Gasteiger partial charge in [0.15, 0.2) is 0 Å². The van der Waals surface area contributed by atoms with Crippen LogP contribution in [0.15, 0.2) is 18.2 Å². The van der Waals surface area contributed by atoms with Crippen LogP contribution in [-0.2, 0) is 0 Å². The standard InChI is InChI=1S/C10H11N3O3/c1-12-9-4-3-8(13(14)15)7-10(9)16-6-2-5-11/h3-4,7H,2,5-6,11H2. The molecule has 0 saturated carbocycles. The predicted octanol–water partition coefficient (Wildman–Crippen LogP) is 1.87. The number of rotatable bonds is 5. The normalized spacial score (nSPS) is 9.50. The van der Waals surface area contributed by atoms with Gasteiger partial charge >= 0.3 is 0 Å². The quantitative estimate of drug-likeness (QED) is 0.356. The van der Waals surface area contributed by atoms with Gasteiger partial charge in [-0.15, -0.1) is 0 Å². The monoisotopic (exact) mass is 221 g/mol. The van der Waals surface area contributed by atoms with Gasteiger partial charge in [-0.25, -0.2) is 4.85 Å². The minimum Gasteiger partial charge on any atom is -0.504 e. The number of nitro benzene ring substituents is 1. The summed E-state index contributed by atoms with van der Waals surface area (Å²) in [6.07, 6.45) is 0.639. The molecule has 0 aliphatic carbocycles. The van der Waals surface area contributed by atoms with Crippen molar-refractivity contribution in [2.24, 2.45) is 5.73 Å². The average molecular weight is 221 g/mol. The molecule has 0 aliphatic heterocycles. The van der Waals surface area contributed by atoms with Gasteiger partial charge in [-0.3, -0.25) is 10.1 Å². The Kier molecular flexibility index (Phi) is 4.24. The first-order chi connectivity index (χ1) is 7.69. The molecule has 0 unspecified atom stereocenters. The molecule has 16 heavy (non-hydrogen) atoms. The molecular weight excluding hydrogens is 210 g/mol. The summed E-state index contributed by atoms with van der Waals surface area (Å²) in [4.78, 5) is 13.2. The molecule has 0 radical (unpaired) electrons. The van der Waals surface area contributed by atoms with Crippen molar-refractivity contribution in [3.63, 3.8) is 0 Å². The lowest BCUT2D eigenvalue weighted by atomic mass is 10.2. The van der Waals surface area contributed by atoms with Gasteiger partial charge in [-0.1, -0.05) is 0 Å². The first-order valence-electron chi connectivity index (χ1n) is 4.68. The van der Waals surface area contributed by atoms with Crippen molar-refractivity contribution in [2.75, 3.05) is 13.2 Å². The van der Waals surface area contributed by atoms with Crippen molar-refractivity contribution in [1.29, 1.82) is 0 Å². The molecule has 1 rings (SSSR count). The average Bonchev–Trinajstić information content (AvgIpc) is 2.29. The van der Waals surface area contributed by atoms with Crippen LogP contribution in [0.4, 0.5) is 11.4 Å². The number of hydrogen-bond donors (Lipinski definition) is 1. The molecule has 0 aliphatic rings. The van der Waals surface area contributed by atoms with E-state index in [1.807, 2.05) is 0 Å². The van der Waals surface area contributed by atoms with Crippen LogP contribution < -0.4 is 10.5 Å². The van der Waals surface area contributed by atoms with Gasteiger partial charge in [-0.05, 0) is 19.0 Å². The summed E-state index contributed by atoms with van der Waals surface area (Å²) in [5, 5.41) is 10.5. The summed E-state index contributed by atoms with van der Waals surface area (Å²) >= 11 is 0. The fourth-order valence-corrected chi connectivity index (χ4v) is 1.09. The summed E-state index contributed by atoms with van der Waals surface area (Å²) in [6.45, 7) is 7.72. The molecule has 2 N–H and O–H groups in total. The highest BCUT2D eigenvalue weighted by molar-refractivity contribution is 5.61. The molecule has 0 heterocycles. The van der Waals surface area contributed by atoms with E-state index < -0.39 is 4.92 Å². The summed E-state index contributed by atoms with van der Waals surface area (Å²) in [7, 11) is 0. The SMILES string of the molecule is [C-]#[N+]c1ccc([N+](=O)[O-])cc1OCCCN. The van der Waals surface area contributed by atoms with E-state index in [9.17, 15) is 10.1 Å². The molecule has 0 amide bonds. The molecule has 0 saturated heterocycles. The molecule has 6 heteroatoms. The highest BCUT2D eigenvalue weighted by Gasteiger charge is 2.11. The Balaban J connectivity index is 2.90. The highest BCUT2D eigenvalue weighted by atomic mass is 16.6. The Labute approximate surface area is 92.6 Å². The molecular formula is C10H11N3O3. The zero-order valence-electron chi connectivity index (χ0n) is 8.55. The first-order valence-corrected chi connectivity index (χ1v) is 4.68. The van der Waals surface area contributed by atoms with Gasteiger partial charge in [0.1, 0.15) is 5.75 Å². The Morgan fingerprint density at radius 2 is 2.31 bits per heavy atom. The molecule has 0 bridgehead atoms. The molecule has 0 atom stereocenters. The second kappa shape index (κ2) is 5.68. The largest absolute Gasteiger partial charge is 0.504 e. The van der Waals surface area contributed by atoms with Gasteiger partial charge < -0.3 is 10.5 Å². The molecule has 0 fully saturated rings. The fraction of sp³-hybridized carbons (Fsp3) is 0.300. The van der Waals surface area contributed by atoms with E-state index in [1.54, 1.807) is 0 Å². The Morgan fingerprint density at radius 1 is 1.56 bits per heavy atom. The van der Waals surface area contributed by atoms with Crippen molar-refractivity contribution in [3.8, 4) is 5.75 Å². The molecule has 84 valence electrons. The maximum atomic E-state index is 10.5. The minimum absolute atomic E-state index is 0.0878. The van der Waals surface area contributed by atoms with Crippen LogP contribution in [0.25, 0.3) is 4.85 Å². The lowest BCUT2D eigenvalue weighted by molar-refractivity contribution is -0.384. The van der Waals surface area contributed by atoms with Crippen LogP contribution in [0.3, 0.4) is 0 Å². The summed E-state index contributed by atoms with van der Waals surface area (Å²) in [6, 6.07) is 3.91. The third-order valence-corrected chi connectivity index (χ3v) is 1.88. The summed E-state index contributed by atoms with van der Waals surface area (Å²) in [5.41, 5.74) is 5.47. The third kappa shape index (κ3) is 2.93. The maximum Gasteiger partial charge on any atom is 0.270 e. The fourth-order valence-electron chi connectivity index (χ4n) is 1.09. The molecule has 1 aromatic carbocycles. The predicted molar refractivity (Wildman–Crippen MR) is 58.5 cm³/mol. The number of ether oxygens (including phenoxy) is 1. The molecule has 6 nitrogen and oxygen atoms in total. The van der Waals surface area contributed by atoms with E-state index in [-0.39, 0.29) is 17.1 Å². The number of nitrogens with two attached hydrogens (primary N) is 1. The number of nitro groups is 1. The second-order valence-electron chi connectivity index (χ2n) is 3.01. The number of benzene rings is 1. The molecule has 0 spiro atoms. The lowest BCUT2D eigenvalue weighted by Crippen LogP contribution is -2.06. The van der Waals surface area contributed by atoms with Crippen molar-refractivity contribution >= 4 is 11.4 Å². The van der Waals surface area contributed by atoms with Crippen molar-refractivity contribution in [1.82, 2.24) is 0 Å².